The van der Waals surface area contributed by atoms with Gasteiger partial charge in [0.15, 0.2) is 0 Å². The molecule has 0 heterocycles. The molecule has 14 heavy (non-hydrogen) atoms. The Labute approximate surface area is 88.8 Å². The Morgan fingerprint density at radius 3 is 2.43 bits per heavy atom. The lowest BCUT2D eigenvalue weighted by Gasteiger charge is -2.32. The summed E-state index contributed by atoms with van der Waals surface area (Å²) in [7, 11) is 0. The molecule has 0 aromatic carbocycles. The third kappa shape index (κ3) is 3.25. The van der Waals surface area contributed by atoms with Crippen molar-refractivity contribution in [2.24, 2.45) is 5.73 Å². The predicted molar refractivity (Wildman–Crippen MR) is 62.4 cm³/mol. The maximum atomic E-state index is 6.11. The van der Waals surface area contributed by atoms with E-state index in [9.17, 15) is 0 Å². The molecular formula is C12H26N2. The molecule has 1 aliphatic rings. The molecule has 1 aliphatic carbocycles. The molecule has 0 aromatic rings. The number of unbranched alkanes of at least 4 members (excludes halogenated alkanes) is 1. The molecule has 1 saturated carbocycles. The molecule has 84 valence electrons. The SMILES string of the molecule is CCCCN(C1CC1)C(C)C(N)CC. The van der Waals surface area contributed by atoms with E-state index in [0.29, 0.717) is 12.1 Å². The molecule has 2 N–H and O–H groups in total. The van der Waals surface area contributed by atoms with Crippen molar-refractivity contribution in [3.63, 3.8) is 0 Å². The van der Waals surface area contributed by atoms with Gasteiger partial charge in [0.25, 0.3) is 0 Å². The van der Waals surface area contributed by atoms with E-state index in [1.807, 2.05) is 0 Å². The topological polar surface area (TPSA) is 29.3 Å². The molecule has 2 atom stereocenters. The van der Waals surface area contributed by atoms with Crippen LogP contribution in [0.15, 0.2) is 0 Å². The first-order valence-corrected chi connectivity index (χ1v) is 6.22. The minimum atomic E-state index is 0.354. The Bertz CT molecular complexity index is 154. The van der Waals surface area contributed by atoms with E-state index in [0.717, 1.165) is 12.5 Å². The van der Waals surface area contributed by atoms with Crippen LogP contribution in [0.1, 0.15) is 52.9 Å². The average Bonchev–Trinajstić information content (AvgIpc) is 3.01. The molecule has 2 unspecified atom stereocenters. The summed E-state index contributed by atoms with van der Waals surface area (Å²) in [6, 6.07) is 1.78. The van der Waals surface area contributed by atoms with Crippen molar-refractivity contribution in [3.8, 4) is 0 Å². The second-order valence-electron chi connectivity index (χ2n) is 4.64. The summed E-state index contributed by atoms with van der Waals surface area (Å²) in [4.78, 5) is 2.64. The second kappa shape index (κ2) is 5.72. The lowest BCUT2D eigenvalue weighted by Crippen LogP contribution is -2.47. The Hall–Kier alpha value is -0.0800. The molecule has 0 aliphatic heterocycles. The van der Waals surface area contributed by atoms with Crippen LogP contribution in [0.25, 0.3) is 0 Å². The summed E-state index contributed by atoms with van der Waals surface area (Å²) in [6.07, 6.45) is 6.49. The first-order chi connectivity index (χ1) is 6.70. The molecule has 0 amide bonds. The zero-order valence-corrected chi connectivity index (χ0v) is 10.00. The van der Waals surface area contributed by atoms with E-state index < -0.39 is 0 Å². The normalized spacial score (nSPS) is 21.2. The lowest BCUT2D eigenvalue weighted by atomic mass is 10.1. The maximum absolute atomic E-state index is 6.11. The monoisotopic (exact) mass is 198 g/mol. The van der Waals surface area contributed by atoms with E-state index in [2.05, 4.69) is 25.7 Å². The minimum absolute atomic E-state index is 0.354. The van der Waals surface area contributed by atoms with Gasteiger partial charge in [0.2, 0.25) is 0 Å². The maximum Gasteiger partial charge on any atom is 0.0221 e. The Kier molecular flexibility index (Phi) is 4.90. The van der Waals surface area contributed by atoms with Crippen LogP contribution in [0.2, 0.25) is 0 Å². The molecule has 0 spiro atoms. The van der Waals surface area contributed by atoms with Crippen molar-refractivity contribution in [1.82, 2.24) is 4.90 Å². The third-order valence-electron chi connectivity index (χ3n) is 3.40. The van der Waals surface area contributed by atoms with Gasteiger partial charge in [0.1, 0.15) is 0 Å². The number of hydrogen-bond acceptors (Lipinski definition) is 2. The first-order valence-electron chi connectivity index (χ1n) is 6.22. The van der Waals surface area contributed by atoms with Gasteiger partial charge in [-0.15, -0.1) is 0 Å². The van der Waals surface area contributed by atoms with Crippen molar-refractivity contribution in [1.29, 1.82) is 0 Å². The molecule has 2 nitrogen and oxygen atoms in total. The third-order valence-corrected chi connectivity index (χ3v) is 3.40. The fourth-order valence-electron chi connectivity index (χ4n) is 2.05. The Balaban J connectivity index is 2.39. The lowest BCUT2D eigenvalue weighted by molar-refractivity contribution is 0.169. The predicted octanol–water partition coefficient (Wildman–Crippen LogP) is 2.38. The highest BCUT2D eigenvalue weighted by molar-refractivity contribution is 4.90. The van der Waals surface area contributed by atoms with Crippen LogP contribution >= 0.6 is 0 Å². The van der Waals surface area contributed by atoms with Crippen molar-refractivity contribution in [3.05, 3.63) is 0 Å². The zero-order valence-electron chi connectivity index (χ0n) is 10.00. The fraction of sp³-hybridized carbons (Fsp3) is 1.00. The van der Waals surface area contributed by atoms with Crippen LogP contribution in [0, 0.1) is 0 Å². The van der Waals surface area contributed by atoms with Gasteiger partial charge in [-0.1, -0.05) is 20.3 Å². The molecule has 0 radical (unpaired) electrons. The van der Waals surface area contributed by atoms with E-state index >= 15 is 0 Å². The fourth-order valence-corrected chi connectivity index (χ4v) is 2.05. The van der Waals surface area contributed by atoms with Gasteiger partial charge in [0.05, 0.1) is 0 Å². The molecule has 1 rings (SSSR count). The average molecular weight is 198 g/mol. The van der Waals surface area contributed by atoms with Crippen molar-refractivity contribution in [2.75, 3.05) is 6.54 Å². The Morgan fingerprint density at radius 1 is 1.36 bits per heavy atom. The summed E-state index contributed by atoms with van der Waals surface area (Å²) in [5.41, 5.74) is 6.11. The van der Waals surface area contributed by atoms with Gasteiger partial charge < -0.3 is 5.73 Å². The van der Waals surface area contributed by atoms with Gasteiger partial charge in [-0.25, -0.2) is 0 Å². The van der Waals surface area contributed by atoms with E-state index in [1.54, 1.807) is 0 Å². The number of nitrogens with zero attached hydrogens (tertiary/aromatic N) is 1. The van der Waals surface area contributed by atoms with Crippen molar-refractivity contribution < 1.29 is 0 Å². The van der Waals surface area contributed by atoms with Gasteiger partial charge in [0, 0.05) is 18.1 Å². The minimum Gasteiger partial charge on any atom is -0.326 e. The highest BCUT2D eigenvalue weighted by Crippen LogP contribution is 2.29. The van der Waals surface area contributed by atoms with Gasteiger partial charge in [-0.05, 0) is 39.2 Å². The smallest absolute Gasteiger partial charge is 0.0221 e. The summed E-state index contributed by atoms with van der Waals surface area (Å²) >= 11 is 0. The number of nitrogens with two attached hydrogens (primary N) is 1. The summed E-state index contributed by atoms with van der Waals surface area (Å²) < 4.78 is 0. The van der Waals surface area contributed by atoms with Crippen molar-refractivity contribution in [2.45, 2.75) is 71.0 Å². The molecule has 1 fully saturated rings. The van der Waals surface area contributed by atoms with Crippen LogP contribution in [0.3, 0.4) is 0 Å². The second-order valence-corrected chi connectivity index (χ2v) is 4.64. The highest BCUT2D eigenvalue weighted by Gasteiger charge is 2.33. The van der Waals surface area contributed by atoms with Gasteiger partial charge >= 0.3 is 0 Å². The molecule has 0 bridgehead atoms. The van der Waals surface area contributed by atoms with Crippen molar-refractivity contribution >= 4 is 0 Å². The standard InChI is InChI=1S/C12H26N2/c1-4-6-9-14(11-7-8-11)10(3)12(13)5-2/h10-12H,4-9,13H2,1-3H3. The zero-order chi connectivity index (χ0) is 10.6. The van der Waals surface area contributed by atoms with Crippen LogP contribution in [0.5, 0.6) is 0 Å². The molecule has 0 saturated heterocycles. The van der Waals surface area contributed by atoms with Crippen LogP contribution in [-0.2, 0) is 0 Å². The molecule has 2 heteroatoms. The highest BCUT2D eigenvalue weighted by atomic mass is 15.2. The van der Waals surface area contributed by atoms with E-state index in [1.165, 1.54) is 32.2 Å². The van der Waals surface area contributed by atoms with Crippen LogP contribution in [0.4, 0.5) is 0 Å². The summed E-state index contributed by atoms with van der Waals surface area (Å²) in [5, 5.41) is 0. The first kappa shape index (κ1) is 12.0. The van der Waals surface area contributed by atoms with Crippen LogP contribution < -0.4 is 5.73 Å². The number of hydrogen-bond donors (Lipinski definition) is 1. The van der Waals surface area contributed by atoms with Gasteiger partial charge in [-0.2, -0.15) is 0 Å². The summed E-state index contributed by atoms with van der Waals surface area (Å²) in [6.45, 7) is 7.99. The Morgan fingerprint density at radius 2 is 2.00 bits per heavy atom. The largest absolute Gasteiger partial charge is 0.326 e. The quantitative estimate of drug-likeness (QED) is 0.680. The van der Waals surface area contributed by atoms with E-state index in [-0.39, 0.29) is 0 Å². The molecule has 0 aromatic heterocycles. The number of rotatable bonds is 7. The molecular weight excluding hydrogens is 172 g/mol. The van der Waals surface area contributed by atoms with E-state index in [4.69, 9.17) is 5.73 Å². The van der Waals surface area contributed by atoms with Crippen LogP contribution in [-0.4, -0.2) is 29.6 Å². The van der Waals surface area contributed by atoms with Gasteiger partial charge in [-0.3, -0.25) is 4.90 Å². The summed E-state index contributed by atoms with van der Waals surface area (Å²) in [5.74, 6) is 0.